The Hall–Kier alpha value is -2.08. The fraction of sp³-hybridized carbons (Fsp3) is 0.680. The summed E-state index contributed by atoms with van der Waals surface area (Å²) in [5.74, 6) is 2.93. The monoisotopic (exact) mass is 425 g/mol. The van der Waals surface area contributed by atoms with Crippen LogP contribution >= 0.6 is 0 Å². The summed E-state index contributed by atoms with van der Waals surface area (Å²) in [7, 11) is 0. The average molecular weight is 426 g/mol. The Labute approximate surface area is 185 Å². The molecule has 6 nitrogen and oxygen atoms in total. The molecule has 2 amide bonds. The predicted octanol–water partition coefficient (Wildman–Crippen LogP) is 2.76. The van der Waals surface area contributed by atoms with E-state index in [1.165, 1.54) is 38.5 Å². The molecule has 168 valence electrons. The Kier molecular flexibility index (Phi) is 5.67. The van der Waals surface area contributed by atoms with Gasteiger partial charge in [0.05, 0.1) is 6.54 Å². The second kappa shape index (κ2) is 8.45. The van der Waals surface area contributed by atoms with Crippen LogP contribution in [0.1, 0.15) is 50.5 Å². The van der Waals surface area contributed by atoms with E-state index >= 15 is 0 Å². The number of aromatic hydroxyl groups is 1. The molecule has 0 spiro atoms. The largest absolute Gasteiger partial charge is 0.508 e. The third-order valence-electron chi connectivity index (χ3n) is 8.25. The van der Waals surface area contributed by atoms with Crippen molar-refractivity contribution in [3.63, 3.8) is 0 Å². The highest BCUT2D eigenvalue weighted by Crippen LogP contribution is 2.61. The zero-order valence-corrected chi connectivity index (χ0v) is 18.4. The van der Waals surface area contributed by atoms with E-state index in [1.807, 2.05) is 23.1 Å². The van der Waals surface area contributed by atoms with Gasteiger partial charge in [0.2, 0.25) is 11.8 Å². The number of hydrogen-bond acceptors (Lipinski definition) is 4. The van der Waals surface area contributed by atoms with E-state index in [1.54, 1.807) is 6.07 Å². The molecule has 4 aliphatic carbocycles. The maximum Gasteiger partial charge on any atom is 0.242 e. The number of nitrogens with one attached hydrogen (secondary N) is 1. The first kappa shape index (κ1) is 20.8. The lowest BCUT2D eigenvalue weighted by Crippen LogP contribution is -2.51. The summed E-state index contributed by atoms with van der Waals surface area (Å²) in [5.41, 5.74) is 1.13. The maximum absolute atomic E-state index is 12.7. The van der Waals surface area contributed by atoms with E-state index < -0.39 is 0 Å². The van der Waals surface area contributed by atoms with Crippen LogP contribution in [-0.2, 0) is 16.1 Å². The number of amides is 2. The number of piperazine rings is 1. The van der Waals surface area contributed by atoms with E-state index in [2.05, 4.69) is 10.2 Å². The molecule has 1 aromatic rings. The molecule has 0 atom stereocenters. The molecule has 0 radical (unpaired) electrons. The highest BCUT2D eigenvalue weighted by molar-refractivity contribution is 5.85. The van der Waals surface area contributed by atoms with Gasteiger partial charge in [0.25, 0.3) is 0 Å². The van der Waals surface area contributed by atoms with Gasteiger partial charge < -0.3 is 15.3 Å². The summed E-state index contributed by atoms with van der Waals surface area (Å²) in [5, 5.41) is 12.9. The number of phenolic OH excluding ortho intramolecular Hbond substituents is 1. The summed E-state index contributed by atoms with van der Waals surface area (Å²) < 4.78 is 0. The summed E-state index contributed by atoms with van der Waals surface area (Å²) >= 11 is 0. The minimum atomic E-state index is 0.0149. The molecule has 2 N–H and O–H groups in total. The van der Waals surface area contributed by atoms with Gasteiger partial charge in [-0.1, -0.05) is 18.2 Å². The van der Waals surface area contributed by atoms with E-state index in [4.69, 9.17) is 0 Å². The van der Waals surface area contributed by atoms with Crippen LogP contribution in [0.5, 0.6) is 5.75 Å². The molecule has 6 rings (SSSR count). The number of carbonyl (C=O) groups is 2. The number of nitrogens with zero attached hydrogens (tertiary/aromatic N) is 2. The molecule has 4 saturated carbocycles. The second-order valence-electron chi connectivity index (χ2n) is 10.7. The van der Waals surface area contributed by atoms with Crippen LogP contribution in [0.25, 0.3) is 0 Å². The molecular formula is C25H35N3O3. The number of carbonyl (C=O) groups excluding carboxylic acids is 2. The Morgan fingerprint density at radius 3 is 2.19 bits per heavy atom. The van der Waals surface area contributed by atoms with Crippen molar-refractivity contribution in [2.45, 2.75) is 51.5 Å². The number of phenols is 1. The van der Waals surface area contributed by atoms with Gasteiger partial charge in [-0.15, -0.1) is 0 Å². The number of benzene rings is 1. The second-order valence-corrected chi connectivity index (χ2v) is 10.7. The standard InChI is InChI=1S/C25H35N3O3/c29-22-4-2-1-3-21(22)17-27-5-7-28(8-6-27)24(31)16-26-23(30)15-25-12-18-9-19(13-25)11-20(10-18)14-25/h1-4,18-20,29H,5-17H2,(H,26,30). The van der Waals surface area contributed by atoms with E-state index in [9.17, 15) is 14.7 Å². The van der Waals surface area contributed by atoms with Gasteiger partial charge in [0, 0.05) is 44.7 Å². The first-order chi connectivity index (χ1) is 15.0. The normalized spacial score (nSPS) is 32.3. The van der Waals surface area contributed by atoms with Crippen LogP contribution in [0.2, 0.25) is 0 Å². The molecule has 1 heterocycles. The third-order valence-corrected chi connectivity index (χ3v) is 8.25. The molecule has 0 aromatic heterocycles. The molecule has 1 aromatic carbocycles. The Bertz CT molecular complexity index is 796. The zero-order chi connectivity index (χ0) is 21.4. The van der Waals surface area contributed by atoms with Crippen LogP contribution in [0.4, 0.5) is 0 Å². The quantitative estimate of drug-likeness (QED) is 0.735. The lowest BCUT2D eigenvalue weighted by atomic mass is 9.49. The molecule has 1 aliphatic heterocycles. The van der Waals surface area contributed by atoms with Gasteiger partial charge in [-0.2, -0.15) is 0 Å². The van der Waals surface area contributed by atoms with Crippen LogP contribution in [-0.4, -0.2) is 59.4 Å². The summed E-state index contributed by atoms with van der Waals surface area (Å²) in [4.78, 5) is 29.4. The van der Waals surface area contributed by atoms with Crippen molar-refractivity contribution in [2.24, 2.45) is 23.2 Å². The Morgan fingerprint density at radius 1 is 0.968 bits per heavy atom. The van der Waals surface area contributed by atoms with Gasteiger partial charge >= 0.3 is 0 Å². The first-order valence-corrected chi connectivity index (χ1v) is 12.0. The van der Waals surface area contributed by atoms with E-state index in [0.29, 0.717) is 31.8 Å². The molecule has 5 fully saturated rings. The van der Waals surface area contributed by atoms with Gasteiger partial charge in [0.15, 0.2) is 0 Å². The van der Waals surface area contributed by atoms with Gasteiger partial charge in [-0.3, -0.25) is 14.5 Å². The molecule has 1 saturated heterocycles. The van der Waals surface area contributed by atoms with Crippen LogP contribution < -0.4 is 5.32 Å². The Morgan fingerprint density at radius 2 is 1.58 bits per heavy atom. The fourth-order valence-electron chi connectivity index (χ4n) is 7.24. The van der Waals surface area contributed by atoms with Gasteiger partial charge in [-0.05, 0) is 67.8 Å². The number of rotatable bonds is 6. The minimum Gasteiger partial charge on any atom is -0.508 e. The van der Waals surface area contributed by atoms with Crippen LogP contribution in [0.15, 0.2) is 24.3 Å². The van der Waals surface area contributed by atoms with Crippen molar-refractivity contribution >= 4 is 11.8 Å². The summed E-state index contributed by atoms with van der Waals surface area (Å²) in [6.45, 7) is 3.69. The fourth-order valence-corrected chi connectivity index (χ4v) is 7.24. The van der Waals surface area contributed by atoms with Crippen molar-refractivity contribution in [2.75, 3.05) is 32.7 Å². The topological polar surface area (TPSA) is 72.9 Å². The predicted molar refractivity (Wildman–Crippen MR) is 118 cm³/mol. The SMILES string of the molecule is O=C(CC12CC3CC(CC(C3)C1)C2)NCC(=O)N1CCN(Cc2ccccc2O)CC1. The van der Waals surface area contributed by atoms with Crippen molar-refractivity contribution < 1.29 is 14.7 Å². The number of hydrogen-bond donors (Lipinski definition) is 2. The first-order valence-electron chi connectivity index (χ1n) is 12.0. The molecule has 0 unspecified atom stereocenters. The Balaban J connectivity index is 1.05. The highest BCUT2D eigenvalue weighted by Gasteiger charge is 2.51. The van der Waals surface area contributed by atoms with Crippen molar-refractivity contribution in [3.8, 4) is 5.75 Å². The molecule has 31 heavy (non-hydrogen) atoms. The third kappa shape index (κ3) is 4.59. The van der Waals surface area contributed by atoms with Gasteiger partial charge in [-0.25, -0.2) is 0 Å². The number of para-hydroxylation sites is 1. The molecule has 6 heteroatoms. The zero-order valence-electron chi connectivity index (χ0n) is 18.4. The van der Waals surface area contributed by atoms with Crippen molar-refractivity contribution in [1.82, 2.24) is 15.1 Å². The molecule has 5 aliphatic rings. The molecule has 4 bridgehead atoms. The van der Waals surface area contributed by atoms with E-state index in [0.717, 1.165) is 36.4 Å². The lowest BCUT2D eigenvalue weighted by Gasteiger charge is -2.56. The van der Waals surface area contributed by atoms with Gasteiger partial charge in [0.1, 0.15) is 5.75 Å². The maximum atomic E-state index is 12.7. The van der Waals surface area contributed by atoms with Crippen molar-refractivity contribution in [1.29, 1.82) is 0 Å². The van der Waals surface area contributed by atoms with Crippen LogP contribution in [0, 0.1) is 23.2 Å². The highest BCUT2D eigenvalue weighted by atomic mass is 16.3. The van der Waals surface area contributed by atoms with Crippen LogP contribution in [0.3, 0.4) is 0 Å². The average Bonchev–Trinajstić information content (AvgIpc) is 2.73. The van der Waals surface area contributed by atoms with E-state index in [-0.39, 0.29) is 23.8 Å². The summed E-state index contributed by atoms with van der Waals surface area (Å²) in [6, 6.07) is 7.40. The lowest BCUT2D eigenvalue weighted by molar-refractivity contribution is -0.136. The van der Waals surface area contributed by atoms with Crippen molar-refractivity contribution in [3.05, 3.63) is 29.8 Å². The minimum absolute atomic E-state index is 0.0149. The summed E-state index contributed by atoms with van der Waals surface area (Å²) in [6.07, 6.45) is 8.43. The molecular weight excluding hydrogens is 390 g/mol. The smallest absolute Gasteiger partial charge is 0.242 e.